The Morgan fingerprint density at radius 1 is 1.21 bits per heavy atom. The number of aromatic nitrogens is 1. The fourth-order valence-corrected chi connectivity index (χ4v) is 2.84. The number of nitrogens with zero attached hydrogens (tertiary/aromatic N) is 1. The number of carbonyl (C=O) groups excluding carboxylic acids is 1. The van der Waals surface area contributed by atoms with E-state index in [0.717, 1.165) is 0 Å². The maximum absolute atomic E-state index is 12.2. The van der Waals surface area contributed by atoms with Gasteiger partial charge in [0.05, 0.1) is 28.9 Å². The molecule has 1 aromatic carbocycles. The van der Waals surface area contributed by atoms with Gasteiger partial charge in [-0.15, -0.1) is 0 Å². The lowest BCUT2D eigenvalue weighted by molar-refractivity contribution is 0.0981. The summed E-state index contributed by atoms with van der Waals surface area (Å²) in [6.45, 7) is 3.47. The fraction of sp³-hybridized carbons (Fsp3) is 0.250. The Kier molecular flexibility index (Phi) is 5.53. The molecule has 24 heavy (non-hydrogen) atoms. The van der Waals surface area contributed by atoms with Gasteiger partial charge in [-0.3, -0.25) is 9.78 Å². The summed E-state index contributed by atoms with van der Waals surface area (Å²) in [6, 6.07) is 8.61. The van der Waals surface area contributed by atoms with E-state index in [2.05, 4.69) is 4.98 Å². The van der Waals surface area contributed by atoms with Gasteiger partial charge in [0.1, 0.15) is 5.75 Å². The summed E-state index contributed by atoms with van der Waals surface area (Å²) in [5, 5.41) is 8.91. The Balaban J connectivity index is 2.13. The number of pyridine rings is 1. The number of nitrogens with one attached hydrogen (secondary N) is 1. The molecule has 0 unspecified atom stereocenters. The Morgan fingerprint density at radius 3 is 2.38 bits per heavy atom. The molecule has 1 aromatic heterocycles. The number of hydrogen-bond donors (Lipinski definition) is 2. The van der Waals surface area contributed by atoms with Gasteiger partial charge in [-0.2, -0.15) is 0 Å². The minimum atomic E-state index is -4.00. The monoisotopic (exact) mass is 350 g/mol. The van der Waals surface area contributed by atoms with Crippen LogP contribution in [0.15, 0.2) is 47.5 Å². The van der Waals surface area contributed by atoms with Gasteiger partial charge in [-0.25, -0.2) is 13.1 Å². The van der Waals surface area contributed by atoms with E-state index in [0.29, 0.717) is 11.4 Å². The van der Waals surface area contributed by atoms with Crippen molar-refractivity contribution in [3.05, 3.63) is 53.9 Å². The lowest BCUT2D eigenvalue weighted by atomic mass is 10.2. The second-order valence-corrected chi connectivity index (χ2v) is 6.95. The first kappa shape index (κ1) is 17.9. The summed E-state index contributed by atoms with van der Waals surface area (Å²) in [6.07, 6.45) is 1.18. The van der Waals surface area contributed by atoms with Gasteiger partial charge in [-0.05, 0) is 50.2 Å². The van der Waals surface area contributed by atoms with Crippen molar-refractivity contribution in [2.24, 2.45) is 0 Å². The number of hydrogen-bond acceptors (Lipinski definition) is 6. The van der Waals surface area contributed by atoms with Crippen LogP contribution in [0.4, 0.5) is 0 Å². The van der Waals surface area contributed by atoms with Crippen LogP contribution in [0.1, 0.15) is 29.9 Å². The third-order valence-electron chi connectivity index (χ3n) is 2.98. The van der Waals surface area contributed by atoms with E-state index in [9.17, 15) is 13.2 Å². The normalized spacial score (nSPS) is 11.3. The van der Waals surface area contributed by atoms with Crippen LogP contribution in [0.2, 0.25) is 0 Å². The minimum absolute atomic E-state index is 0.0263. The quantitative estimate of drug-likeness (QED) is 0.817. The van der Waals surface area contributed by atoms with Gasteiger partial charge in [0.25, 0.3) is 15.9 Å². The average Bonchev–Trinajstić information content (AvgIpc) is 2.54. The van der Waals surface area contributed by atoms with Crippen molar-refractivity contribution < 1.29 is 23.1 Å². The first-order valence-electron chi connectivity index (χ1n) is 7.21. The highest BCUT2D eigenvalue weighted by Gasteiger charge is 2.19. The Hall–Kier alpha value is -2.45. The Morgan fingerprint density at radius 2 is 1.88 bits per heavy atom. The number of amides is 1. The molecule has 128 valence electrons. The number of aliphatic hydroxyl groups is 1. The molecule has 7 nitrogen and oxygen atoms in total. The van der Waals surface area contributed by atoms with Crippen LogP contribution in [0, 0.1) is 0 Å². The van der Waals surface area contributed by atoms with Crippen LogP contribution in [0.5, 0.6) is 5.75 Å². The molecule has 0 aliphatic carbocycles. The summed E-state index contributed by atoms with van der Waals surface area (Å²) < 4.78 is 31.9. The molecule has 2 aromatic rings. The van der Waals surface area contributed by atoms with Gasteiger partial charge in [0, 0.05) is 6.20 Å². The Labute approximate surface area is 140 Å². The third-order valence-corrected chi connectivity index (χ3v) is 4.33. The van der Waals surface area contributed by atoms with Crippen LogP contribution in [0.25, 0.3) is 0 Å². The molecule has 0 spiro atoms. The predicted molar refractivity (Wildman–Crippen MR) is 87.0 cm³/mol. The summed E-state index contributed by atoms with van der Waals surface area (Å²) in [5.74, 6) is -0.256. The molecular weight excluding hydrogens is 332 g/mol. The van der Waals surface area contributed by atoms with E-state index in [4.69, 9.17) is 9.84 Å². The lowest BCUT2D eigenvalue weighted by Gasteiger charge is -2.11. The van der Waals surface area contributed by atoms with E-state index in [1.807, 2.05) is 18.6 Å². The number of ether oxygens (including phenoxy) is 1. The molecule has 1 heterocycles. The molecular formula is C16H18N2O5S. The number of carbonyl (C=O) groups is 1. The minimum Gasteiger partial charge on any atom is -0.491 e. The van der Waals surface area contributed by atoms with Crippen LogP contribution in [0.3, 0.4) is 0 Å². The van der Waals surface area contributed by atoms with Crippen molar-refractivity contribution in [1.82, 2.24) is 9.71 Å². The smallest absolute Gasteiger partial charge is 0.266 e. The highest BCUT2D eigenvalue weighted by molar-refractivity contribution is 7.90. The second-order valence-electron chi connectivity index (χ2n) is 5.27. The van der Waals surface area contributed by atoms with Gasteiger partial charge in [-0.1, -0.05) is 0 Å². The summed E-state index contributed by atoms with van der Waals surface area (Å²) in [7, 11) is -4.00. The molecule has 2 N–H and O–H groups in total. The van der Waals surface area contributed by atoms with E-state index in [1.165, 1.54) is 42.6 Å². The standard InChI is InChI=1S/C16H18N2O5S/c1-11(2)23-14-5-7-15(8-6-14)24(21,22)18-16(20)12-3-4-13(10-19)17-9-12/h3-9,11,19H,10H2,1-2H3,(H,18,20). The SMILES string of the molecule is CC(C)Oc1ccc(S(=O)(=O)NC(=O)c2ccc(CO)nc2)cc1. The van der Waals surface area contributed by atoms with Crippen LogP contribution < -0.4 is 9.46 Å². The van der Waals surface area contributed by atoms with E-state index in [1.54, 1.807) is 0 Å². The molecule has 0 aliphatic rings. The molecule has 0 bridgehead atoms. The lowest BCUT2D eigenvalue weighted by Crippen LogP contribution is -2.30. The molecule has 2 rings (SSSR count). The number of rotatable bonds is 6. The average molecular weight is 350 g/mol. The zero-order chi connectivity index (χ0) is 17.7. The largest absolute Gasteiger partial charge is 0.491 e. The highest BCUT2D eigenvalue weighted by Crippen LogP contribution is 2.17. The molecule has 0 fully saturated rings. The van der Waals surface area contributed by atoms with E-state index < -0.39 is 15.9 Å². The number of benzene rings is 1. The van der Waals surface area contributed by atoms with Crippen LogP contribution in [-0.2, 0) is 16.6 Å². The van der Waals surface area contributed by atoms with Crippen molar-refractivity contribution in [2.45, 2.75) is 31.5 Å². The Bertz CT molecular complexity index is 799. The summed E-state index contributed by atoms with van der Waals surface area (Å²) in [4.78, 5) is 15.8. The predicted octanol–water partition coefficient (Wildman–Crippen LogP) is 1.48. The van der Waals surface area contributed by atoms with E-state index in [-0.39, 0.29) is 23.2 Å². The summed E-state index contributed by atoms with van der Waals surface area (Å²) in [5.41, 5.74) is 0.464. The number of sulfonamides is 1. The topological polar surface area (TPSA) is 106 Å². The maximum Gasteiger partial charge on any atom is 0.266 e. The van der Waals surface area contributed by atoms with Crippen LogP contribution >= 0.6 is 0 Å². The molecule has 0 aliphatic heterocycles. The molecule has 0 radical (unpaired) electrons. The molecule has 8 heteroatoms. The zero-order valence-electron chi connectivity index (χ0n) is 13.3. The van der Waals surface area contributed by atoms with Gasteiger partial charge in [0.2, 0.25) is 0 Å². The molecule has 0 saturated carbocycles. The van der Waals surface area contributed by atoms with Crippen molar-refractivity contribution in [1.29, 1.82) is 0 Å². The zero-order valence-corrected chi connectivity index (χ0v) is 14.1. The fourth-order valence-electron chi connectivity index (χ4n) is 1.86. The molecule has 0 atom stereocenters. The first-order chi connectivity index (χ1) is 11.3. The highest BCUT2D eigenvalue weighted by atomic mass is 32.2. The van der Waals surface area contributed by atoms with Crippen molar-refractivity contribution in [2.75, 3.05) is 0 Å². The maximum atomic E-state index is 12.2. The van der Waals surface area contributed by atoms with Gasteiger partial charge < -0.3 is 9.84 Å². The van der Waals surface area contributed by atoms with Crippen molar-refractivity contribution in [3.8, 4) is 5.75 Å². The summed E-state index contributed by atoms with van der Waals surface area (Å²) >= 11 is 0. The second kappa shape index (κ2) is 7.41. The third kappa shape index (κ3) is 4.53. The van der Waals surface area contributed by atoms with Gasteiger partial charge in [0.15, 0.2) is 0 Å². The molecule has 0 saturated heterocycles. The molecule has 1 amide bonds. The van der Waals surface area contributed by atoms with Crippen molar-refractivity contribution >= 4 is 15.9 Å². The number of aliphatic hydroxyl groups excluding tert-OH is 1. The van der Waals surface area contributed by atoms with E-state index >= 15 is 0 Å². The van der Waals surface area contributed by atoms with Crippen molar-refractivity contribution in [3.63, 3.8) is 0 Å². The van der Waals surface area contributed by atoms with Gasteiger partial charge >= 0.3 is 0 Å². The first-order valence-corrected chi connectivity index (χ1v) is 8.70. The van der Waals surface area contributed by atoms with Crippen LogP contribution in [-0.4, -0.2) is 30.5 Å².